The molecule has 3 fully saturated rings. The van der Waals surface area contributed by atoms with Crippen LogP contribution in [0.2, 0.25) is 0 Å². The number of piperazine rings is 1. The van der Waals surface area contributed by atoms with E-state index in [0.29, 0.717) is 0 Å². The molecule has 0 unspecified atom stereocenters. The van der Waals surface area contributed by atoms with E-state index in [2.05, 4.69) is 89.8 Å². The Bertz CT molecular complexity index is 1370. The fourth-order valence-electron chi connectivity index (χ4n) is 6.62. The number of aromatic nitrogens is 4. The molecule has 0 radical (unpaired) electrons. The lowest BCUT2D eigenvalue weighted by Crippen LogP contribution is -2.46. The first-order valence-electron chi connectivity index (χ1n) is 15.1. The van der Waals surface area contributed by atoms with E-state index in [1.807, 2.05) is 0 Å². The van der Waals surface area contributed by atoms with E-state index < -0.39 is 0 Å². The SMILES string of the molecule is CC1CCN(c2ncnc3cc(N4CCN(c5ccc6c(N7CCC(C)CC7)ncnc6c5)CC4)ccc23)CC1. The number of fused-ring (bicyclic) bond motifs is 2. The molecule has 2 aromatic heterocycles. The van der Waals surface area contributed by atoms with Gasteiger partial charge in [-0.3, -0.25) is 0 Å². The molecule has 208 valence electrons. The fourth-order valence-corrected chi connectivity index (χ4v) is 6.62. The van der Waals surface area contributed by atoms with Crippen LogP contribution in [0.3, 0.4) is 0 Å². The second-order valence-corrected chi connectivity index (χ2v) is 12.1. The van der Waals surface area contributed by atoms with Gasteiger partial charge < -0.3 is 19.6 Å². The lowest BCUT2D eigenvalue weighted by atomic mass is 9.99. The highest BCUT2D eigenvalue weighted by molar-refractivity contribution is 5.92. The summed E-state index contributed by atoms with van der Waals surface area (Å²) in [5, 5.41) is 2.33. The number of benzene rings is 2. The Morgan fingerprint density at radius 3 is 1.30 bits per heavy atom. The van der Waals surface area contributed by atoms with Crippen LogP contribution in [-0.2, 0) is 0 Å². The standard InChI is InChI=1S/C32H40N8/c1-23-7-11-39(12-8-23)31-27-5-3-25(19-29(27)33-21-35-31)37-15-17-38(18-16-37)26-4-6-28-30(20-26)34-22-36-32(28)40-13-9-24(2)10-14-40/h3-6,19-24H,7-18H2,1-2H3. The fraction of sp³-hybridized carbons (Fsp3) is 0.500. The molecule has 3 aliphatic rings. The first kappa shape index (κ1) is 25.3. The first-order chi connectivity index (χ1) is 19.6. The van der Waals surface area contributed by atoms with Gasteiger partial charge >= 0.3 is 0 Å². The van der Waals surface area contributed by atoms with Crippen LogP contribution in [0.4, 0.5) is 23.0 Å². The topological polar surface area (TPSA) is 64.5 Å². The molecule has 5 heterocycles. The molecule has 0 amide bonds. The van der Waals surface area contributed by atoms with Crippen LogP contribution in [0, 0.1) is 11.8 Å². The summed E-state index contributed by atoms with van der Waals surface area (Å²) >= 11 is 0. The van der Waals surface area contributed by atoms with Crippen molar-refractivity contribution >= 4 is 44.8 Å². The normalized spacial score (nSPS) is 19.6. The summed E-state index contributed by atoms with van der Waals surface area (Å²) in [7, 11) is 0. The summed E-state index contributed by atoms with van der Waals surface area (Å²) in [5.74, 6) is 3.79. The van der Waals surface area contributed by atoms with Crippen molar-refractivity contribution < 1.29 is 0 Å². The molecule has 3 aliphatic heterocycles. The van der Waals surface area contributed by atoms with E-state index in [9.17, 15) is 0 Å². The number of rotatable bonds is 4. The molecule has 8 nitrogen and oxygen atoms in total. The number of hydrogen-bond acceptors (Lipinski definition) is 8. The maximum Gasteiger partial charge on any atom is 0.139 e. The minimum Gasteiger partial charge on any atom is -0.368 e. The van der Waals surface area contributed by atoms with Crippen molar-refractivity contribution in [3.63, 3.8) is 0 Å². The molecule has 0 saturated carbocycles. The Balaban J connectivity index is 1.05. The second kappa shape index (κ2) is 10.7. The minimum atomic E-state index is 0.804. The molecule has 2 aromatic carbocycles. The van der Waals surface area contributed by atoms with Gasteiger partial charge in [0.05, 0.1) is 11.0 Å². The monoisotopic (exact) mass is 536 g/mol. The van der Waals surface area contributed by atoms with Crippen LogP contribution in [-0.4, -0.2) is 72.3 Å². The van der Waals surface area contributed by atoms with E-state index in [4.69, 9.17) is 0 Å². The van der Waals surface area contributed by atoms with Gasteiger partial charge in [0.2, 0.25) is 0 Å². The molecule has 0 bridgehead atoms. The quantitative estimate of drug-likeness (QED) is 0.345. The lowest BCUT2D eigenvalue weighted by Gasteiger charge is -2.37. The Kier molecular flexibility index (Phi) is 6.77. The molecule has 3 saturated heterocycles. The van der Waals surface area contributed by atoms with E-state index in [1.165, 1.54) is 37.1 Å². The summed E-state index contributed by atoms with van der Waals surface area (Å²) in [6.07, 6.45) is 8.40. The average Bonchev–Trinajstić information content (AvgIpc) is 3.01. The van der Waals surface area contributed by atoms with E-state index in [0.717, 1.165) is 97.6 Å². The van der Waals surface area contributed by atoms with Crippen molar-refractivity contribution in [3.05, 3.63) is 49.1 Å². The molecule has 8 heteroatoms. The van der Waals surface area contributed by atoms with Crippen molar-refractivity contribution in [1.82, 2.24) is 19.9 Å². The van der Waals surface area contributed by atoms with Crippen LogP contribution < -0.4 is 19.6 Å². The van der Waals surface area contributed by atoms with Crippen molar-refractivity contribution in [2.24, 2.45) is 11.8 Å². The first-order valence-corrected chi connectivity index (χ1v) is 15.1. The molecular formula is C32H40N8. The van der Waals surface area contributed by atoms with E-state index >= 15 is 0 Å². The minimum absolute atomic E-state index is 0.804. The van der Waals surface area contributed by atoms with E-state index in [1.54, 1.807) is 12.7 Å². The number of piperidine rings is 2. The van der Waals surface area contributed by atoms with Gasteiger partial charge in [0.25, 0.3) is 0 Å². The summed E-state index contributed by atoms with van der Waals surface area (Å²) in [6.45, 7) is 12.9. The number of hydrogen-bond donors (Lipinski definition) is 0. The van der Waals surface area contributed by atoms with Crippen molar-refractivity contribution in [2.45, 2.75) is 39.5 Å². The summed E-state index contributed by atoms with van der Waals surface area (Å²) in [6, 6.07) is 13.5. The van der Waals surface area contributed by atoms with Crippen LogP contribution in [0.1, 0.15) is 39.5 Å². The van der Waals surface area contributed by atoms with Gasteiger partial charge in [0.1, 0.15) is 24.3 Å². The highest BCUT2D eigenvalue weighted by atomic mass is 15.3. The molecular weight excluding hydrogens is 496 g/mol. The van der Waals surface area contributed by atoms with Gasteiger partial charge in [-0.15, -0.1) is 0 Å². The Labute approximate surface area is 237 Å². The third-order valence-corrected chi connectivity index (χ3v) is 9.37. The van der Waals surface area contributed by atoms with Crippen molar-refractivity contribution in [3.8, 4) is 0 Å². The Morgan fingerprint density at radius 2 is 0.900 bits per heavy atom. The van der Waals surface area contributed by atoms with Crippen LogP contribution in [0.5, 0.6) is 0 Å². The van der Waals surface area contributed by atoms with Gasteiger partial charge in [-0.05, 0) is 73.9 Å². The highest BCUT2D eigenvalue weighted by Gasteiger charge is 2.23. The predicted octanol–water partition coefficient (Wildman–Crippen LogP) is 5.37. The highest BCUT2D eigenvalue weighted by Crippen LogP contribution is 2.32. The van der Waals surface area contributed by atoms with Gasteiger partial charge in [-0.2, -0.15) is 0 Å². The smallest absolute Gasteiger partial charge is 0.139 e. The molecule has 40 heavy (non-hydrogen) atoms. The third kappa shape index (κ3) is 4.88. The summed E-state index contributed by atoms with van der Waals surface area (Å²) in [5.41, 5.74) is 4.57. The molecule has 0 spiro atoms. The molecule has 7 rings (SSSR count). The van der Waals surface area contributed by atoms with Crippen LogP contribution in [0.25, 0.3) is 21.8 Å². The van der Waals surface area contributed by atoms with Gasteiger partial charge in [0, 0.05) is 74.5 Å². The zero-order valence-electron chi connectivity index (χ0n) is 23.8. The van der Waals surface area contributed by atoms with Crippen LogP contribution in [0.15, 0.2) is 49.1 Å². The molecule has 0 N–H and O–H groups in total. The average molecular weight is 537 g/mol. The number of nitrogens with zero attached hydrogens (tertiary/aromatic N) is 8. The second-order valence-electron chi connectivity index (χ2n) is 12.1. The zero-order valence-corrected chi connectivity index (χ0v) is 23.8. The van der Waals surface area contributed by atoms with Gasteiger partial charge in [0.15, 0.2) is 0 Å². The van der Waals surface area contributed by atoms with E-state index in [-0.39, 0.29) is 0 Å². The third-order valence-electron chi connectivity index (χ3n) is 9.37. The maximum atomic E-state index is 4.68. The largest absolute Gasteiger partial charge is 0.368 e. The zero-order chi connectivity index (χ0) is 27.1. The molecule has 4 aromatic rings. The Morgan fingerprint density at radius 1 is 0.500 bits per heavy atom. The predicted molar refractivity (Wildman–Crippen MR) is 165 cm³/mol. The maximum absolute atomic E-state index is 4.68. The molecule has 0 atom stereocenters. The number of anilines is 4. The summed E-state index contributed by atoms with van der Waals surface area (Å²) in [4.78, 5) is 28.5. The lowest BCUT2D eigenvalue weighted by molar-refractivity contribution is 0.437. The van der Waals surface area contributed by atoms with Crippen LogP contribution >= 0.6 is 0 Å². The Hall–Kier alpha value is -3.68. The van der Waals surface area contributed by atoms with Gasteiger partial charge in [-0.25, -0.2) is 19.9 Å². The summed E-state index contributed by atoms with van der Waals surface area (Å²) < 4.78 is 0. The molecule has 0 aliphatic carbocycles. The van der Waals surface area contributed by atoms with Gasteiger partial charge in [-0.1, -0.05) is 13.8 Å². The van der Waals surface area contributed by atoms with Crippen molar-refractivity contribution in [1.29, 1.82) is 0 Å². The van der Waals surface area contributed by atoms with Crippen molar-refractivity contribution in [2.75, 3.05) is 72.0 Å².